The molecule has 0 heterocycles. The first kappa shape index (κ1) is 11.1. The molecule has 0 amide bonds. The average molecular weight is 308 g/mol. The van der Waals surface area contributed by atoms with E-state index in [2.05, 4.69) is 45.7 Å². The molecule has 1 N–H and O–H groups in total. The van der Waals surface area contributed by atoms with Crippen molar-refractivity contribution in [1.82, 2.24) is 0 Å². The van der Waals surface area contributed by atoms with Crippen LogP contribution in [0.15, 0.2) is 15.0 Å². The van der Waals surface area contributed by atoms with Crippen LogP contribution in [0, 0.1) is 6.92 Å². The van der Waals surface area contributed by atoms with Gasteiger partial charge < -0.3 is 5.11 Å². The van der Waals surface area contributed by atoms with Gasteiger partial charge in [-0.1, -0.05) is 29.8 Å². The zero-order chi connectivity index (χ0) is 10.2. The molecule has 0 spiro atoms. The molecule has 0 aromatic heterocycles. The van der Waals surface area contributed by atoms with Gasteiger partial charge in [0.15, 0.2) is 0 Å². The van der Waals surface area contributed by atoms with Crippen LogP contribution in [0.3, 0.4) is 0 Å². The SMILES string of the molecule is Cc1cc(Br)c(C(C)C)c(Br)c1O. The fourth-order valence-electron chi connectivity index (χ4n) is 1.27. The number of halogens is 2. The van der Waals surface area contributed by atoms with E-state index in [1.165, 1.54) is 0 Å². The number of benzene rings is 1. The van der Waals surface area contributed by atoms with Gasteiger partial charge in [-0.05, 0) is 46.0 Å². The van der Waals surface area contributed by atoms with Gasteiger partial charge >= 0.3 is 0 Å². The third-order valence-electron chi connectivity index (χ3n) is 2.00. The summed E-state index contributed by atoms with van der Waals surface area (Å²) in [5, 5.41) is 9.69. The Morgan fingerprint density at radius 2 is 1.85 bits per heavy atom. The quantitative estimate of drug-likeness (QED) is 0.818. The number of rotatable bonds is 1. The summed E-state index contributed by atoms with van der Waals surface area (Å²) < 4.78 is 1.85. The minimum Gasteiger partial charge on any atom is -0.506 e. The highest BCUT2D eigenvalue weighted by molar-refractivity contribution is 9.11. The van der Waals surface area contributed by atoms with Crippen LogP contribution < -0.4 is 0 Å². The Balaban J connectivity index is 3.44. The first-order valence-corrected chi connectivity index (χ1v) is 5.71. The van der Waals surface area contributed by atoms with Crippen LogP contribution in [-0.4, -0.2) is 5.11 Å². The van der Waals surface area contributed by atoms with E-state index < -0.39 is 0 Å². The topological polar surface area (TPSA) is 20.2 Å². The Morgan fingerprint density at radius 1 is 1.31 bits per heavy atom. The van der Waals surface area contributed by atoms with Crippen molar-refractivity contribution in [3.8, 4) is 5.75 Å². The molecule has 0 aliphatic rings. The van der Waals surface area contributed by atoms with Gasteiger partial charge in [-0.15, -0.1) is 0 Å². The number of hydrogen-bond donors (Lipinski definition) is 1. The van der Waals surface area contributed by atoms with Crippen molar-refractivity contribution in [1.29, 1.82) is 0 Å². The van der Waals surface area contributed by atoms with Crippen LogP contribution in [0.1, 0.15) is 30.9 Å². The van der Waals surface area contributed by atoms with Crippen LogP contribution >= 0.6 is 31.9 Å². The lowest BCUT2D eigenvalue weighted by Crippen LogP contribution is -1.93. The number of hydrogen-bond acceptors (Lipinski definition) is 1. The maximum Gasteiger partial charge on any atom is 0.133 e. The third kappa shape index (κ3) is 2.08. The Bertz CT molecular complexity index is 332. The van der Waals surface area contributed by atoms with Crippen molar-refractivity contribution < 1.29 is 5.11 Å². The van der Waals surface area contributed by atoms with Crippen LogP contribution in [0.4, 0.5) is 0 Å². The number of phenolic OH excluding ortho intramolecular Hbond substituents is 1. The molecule has 0 aliphatic carbocycles. The predicted octanol–water partition coefficient (Wildman–Crippen LogP) is 4.35. The van der Waals surface area contributed by atoms with Gasteiger partial charge in [0.1, 0.15) is 5.75 Å². The van der Waals surface area contributed by atoms with Crippen LogP contribution in [-0.2, 0) is 0 Å². The Hall–Kier alpha value is -0.0200. The smallest absolute Gasteiger partial charge is 0.133 e. The highest BCUT2D eigenvalue weighted by Gasteiger charge is 2.14. The minimum absolute atomic E-state index is 0.340. The third-order valence-corrected chi connectivity index (χ3v) is 3.45. The largest absolute Gasteiger partial charge is 0.506 e. The number of phenols is 1. The van der Waals surface area contributed by atoms with E-state index in [-0.39, 0.29) is 0 Å². The van der Waals surface area contributed by atoms with Crippen molar-refractivity contribution in [3.05, 3.63) is 26.1 Å². The predicted molar refractivity (Wildman–Crippen MR) is 62.3 cm³/mol. The lowest BCUT2D eigenvalue weighted by Gasteiger charge is -2.14. The molecule has 72 valence electrons. The molecule has 1 aromatic carbocycles. The number of aryl methyl sites for hydroxylation is 1. The van der Waals surface area contributed by atoms with E-state index in [0.717, 1.165) is 20.1 Å². The van der Waals surface area contributed by atoms with E-state index >= 15 is 0 Å². The van der Waals surface area contributed by atoms with Crippen molar-refractivity contribution >= 4 is 31.9 Å². The second kappa shape index (κ2) is 4.01. The van der Waals surface area contributed by atoms with Crippen molar-refractivity contribution in [2.75, 3.05) is 0 Å². The second-order valence-corrected chi connectivity index (χ2v) is 5.05. The normalized spacial score (nSPS) is 10.9. The van der Waals surface area contributed by atoms with Crippen molar-refractivity contribution in [2.24, 2.45) is 0 Å². The highest BCUT2D eigenvalue weighted by atomic mass is 79.9. The molecule has 0 saturated carbocycles. The molecule has 0 atom stereocenters. The van der Waals surface area contributed by atoms with Crippen molar-refractivity contribution in [2.45, 2.75) is 26.7 Å². The van der Waals surface area contributed by atoms with Crippen LogP contribution in [0.5, 0.6) is 5.75 Å². The summed E-state index contributed by atoms with van der Waals surface area (Å²) >= 11 is 6.89. The maximum atomic E-state index is 9.69. The standard InChI is InChI=1S/C10H12Br2O/c1-5(2)8-7(11)4-6(3)10(13)9(8)12/h4-5,13H,1-3H3. The minimum atomic E-state index is 0.340. The number of aromatic hydroxyl groups is 1. The molecule has 0 bridgehead atoms. The van der Waals surface area contributed by atoms with E-state index in [9.17, 15) is 5.11 Å². The average Bonchev–Trinajstić information content (AvgIpc) is 1.99. The van der Waals surface area contributed by atoms with E-state index in [1.807, 2.05) is 13.0 Å². The summed E-state index contributed by atoms with van der Waals surface area (Å²) in [6, 6.07) is 1.94. The molecule has 1 nitrogen and oxygen atoms in total. The zero-order valence-corrected chi connectivity index (χ0v) is 11.0. The molecule has 0 aliphatic heterocycles. The summed E-state index contributed by atoms with van der Waals surface area (Å²) in [5.74, 6) is 0.724. The summed E-state index contributed by atoms with van der Waals surface area (Å²) in [4.78, 5) is 0. The van der Waals surface area contributed by atoms with Gasteiger partial charge in [0.05, 0.1) is 4.47 Å². The molecule has 0 radical (unpaired) electrons. The molecule has 13 heavy (non-hydrogen) atoms. The summed E-state index contributed by atoms with van der Waals surface area (Å²) in [6.07, 6.45) is 0. The van der Waals surface area contributed by atoms with Crippen LogP contribution in [0.2, 0.25) is 0 Å². The van der Waals surface area contributed by atoms with Gasteiger partial charge in [-0.3, -0.25) is 0 Å². The molecule has 3 heteroatoms. The Labute approximate surface area is 95.4 Å². The first-order chi connectivity index (χ1) is 5.95. The Morgan fingerprint density at radius 3 is 2.31 bits per heavy atom. The van der Waals surface area contributed by atoms with Crippen molar-refractivity contribution in [3.63, 3.8) is 0 Å². The lowest BCUT2D eigenvalue weighted by molar-refractivity contribution is 0.466. The summed E-state index contributed by atoms with van der Waals surface area (Å²) in [5.41, 5.74) is 1.99. The molecule has 1 rings (SSSR count). The van der Waals surface area contributed by atoms with Crippen LogP contribution in [0.25, 0.3) is 0 Å². The molecular weight excluding hydrogens is 296 g/mol. The second-order valence-electron chi connectivity index (χ2n) is 3.41. The Kier molecular flexibility index (Phi) is 3.41. The van der Waals surface area contributed by atoms with Gasteiger partial charge in [0, 0.05) is 4.47 Å². The fraction of sp³-hybridized carbons (Fsp3) is 0.400. The molecular formula is C10H12Br2O. The summed E-state index contributed by atoms with van der Waals surface area (Å²) in [6.45, 7) is 6.08. The molecule has 0 unspecified atom stereocenters. The van der Waals surface area contributed by atoms with E-state index in [0.29, 0.717) is 11.7 Å². The van der Waals surface area contributed by atoms with E-state index in [1.54, 1.807) is 0 Å². The molecule has 0 fully saturated rings. The first-order valence-electron chi connectivity index (χ1n) is 4.12. The zero-order valence-electron chi connectivity index (χ0n) is 7.86. The maximum absolute atomic E-state index is 9.69. The molecule has 0 saturated heterocycles. The molecule has 1 aromatic rings. The van der Waals surface area contributed by atoms with Gasteiger partial charge in [-0.25, -0.2) is 0 Å². The van der Waals surface area contributed by atoms with E-state index in [4.69, 9.17) is 0 Å². The van der Waals surface area contributed by atoms with Gasteiger partial charge in [0.2, 0.25) is 0 Å². The van der Waals surface area contributed by atoms with Gasteiger partial charge in [-0.2, -0.15) is 0 Å². The highest BCUT2D eigenvalue weighted by Crippen LogP contribution is 2.39. The van der Waals surface area contributed by atoms with Gasteiger partial charge in [0.25, 0.3) is 0 Å². The monoisotopic (exact) mass is 306 g/mol. The summed E-state index contributed by atoms with van der Waals surface area (Å²) in [7, 11) is 0. The lowest BCUT2D eigenvalue weighted by atomic mass is 10.0. The fourth-order valence-corrected chi connectivity index (χ4v) is 3.52.